The summed E-state index contributed by atoms with van der Waals surface area (Å²) < 4.78 is 0. The van der Waals surface area contributed by atoms with Gasteiger partial charge in [-0.05, 0) is 62.9 Å². The summed E-state index contributed by atoms with van der Waals surface area (Å²) in [5, 5.41) is 8.31. The van der Waals surface area contributed by atoms with E-state index in [0.29, 0.717) is 5.92 Å². The van der Waals surface area contributed by atoms with Crippen molar-refractivity contribution in [1.29, 1.82) is 0 Å². The van der Waals surface area contributed by atoms with E-state index in [0.717, 1.165) is 25.5 Å². The maximum absolute atomic E-state index is 4.36. The van der Waals surface area contributed by atoms with Gasteiger partial charge in [-0.15, -0.1) is 0 Å². The number of guanidine groups is 1. The standard InChI is InChI=1S/C20H31N5/c1-15-6-4-8-18-19(15)17(13-23-18)9-10-22-20(21-2)24-12-16-7-5-11-25(3)14-16/h4,6,8,13,16,23H,5,7,9-12,14H2,1-3H3,(H2,21,22,24). The van der Waals surface area contributed by atoms with E-state index in [2.05, 4.69) is 63.9 Å². The van der Waals surface area contributed by atoms with Gasteiger partial charge in [-0.3, -0.25) is 4.99 Å². The smallest absolute Gasteiger partial charge is 0.190 e. The van der Waals surface area contributed by atoms with E-state index in [9.17, 15) is 0 Å². The molecule has 1 aliphatic heterocycles. The fraction of sp³-hybridized carbons (Fsp3) is 0.550. The highest BCUT2D eigenvalue weighted by Crippen LogP contribution is 2.22. The number of H-pyrrole nitrogens is 1. The average Bonchev–Trinajstić information content (AvgIpc) is 3.02. The highest BCUT2D eigenvalue weighted by atomic mass is 15.2. The van der Waals surface area contributed by atoms with E-state index in [1.54, 1.807) is 0 Å². The Morgan fingerprint density at radius 3 is 3.04 bits per heavy atom. The number of piperidine rings is 1. The van der Waals surface area contributed by atoms with E-state index in [4.69, 9.17) is 0 Å². The molecule has 1 aromatic heterocycles. The van der Waals surface area contributed by atoms with E-state index in [-0.39, 0.29) is 0 Å². The van der Waals surface area contributed by atoms with Crippen LogP contribution in [0.2, 0.25) is 0 Å². The van der Waals surface area contributed by atoms with Gasteiger partial charge >= 0.3 is 0 Å². The number of nitrogens with zero attached hydrogens (tertiary/aromatic N) is 2. The van der Waals surface area contributed by atoms with Crippen LogP contribution in [0.4, 0.5) is 0 Å². The van der Waals surface area contributed by atoms with Gasteiger partial charge in [0.15, 0.2) is 5.96 Å². The van der Waals surface area contributed by atoms with Gasteiger partial charge in [0.2, 0.25) is 0 Å². The third-order valence-corrected chi connectivity index (χ3v) is 5.19. The molecule has 1 saturated heterocycles. The number of aryl methyl sites for hydroxylation is 1. The molecule has 3 rings (SSSR count). The fourth-order valence-electron chi connectivity index (χ4n) is 3.87. The summed E-state index contributed by atoms with van der Waals surface area (Å²) in [4.78, 5) is 10.2. The summed E-state index contributed by atoms with van der Waals surface area (Å²) in [5.74, 6) is 1.62. The van der Waals surface area contributed by atoms with Gasteiger partial charge in [0.05, 0.1) is 0 Å². The Hall–Kier alpha value is -2.01. The summed E-state index contributed by atoms with van der Waals surface area (Å²) in [7, 11) is 4.06. The topological polar surface area (TPSA) is 55.5 Å². The van der Waals surface area contributed by atoms with Crippen molar-refractivity contribution in [3.05, 3.63) is 35.5 Å². The number of aliphatic imine (C=N–C) groups is 1. The van der Waals surface area contributed by atoms with E-state index in [1.165, 1.54) is 48.0 Å². The van der Waals surface area contributed by atoms with Crippen LogP contribution in [0.3, 0.4) is 0 Å². The zero-order valence-corrected chi connectivity index (χ0v) is 15.7. The van der Waals surface area contributed by atoms with Crippen molar-refractivity contribution in [3.8, 4) is 0 Å². The summed E-state index contributed by atoms with van der Waals surface area (Å²) in [6.07, 6.45) is 5.73. The van der Waals surface area contributed by atoms with Crippen LogP contribution in [-0.2, 0) is 6.42 Å². The van der Waals surface area contributed by atoms with Crippen LogP contribution < -0.4 is 10.6 Å². The lowest BCUT2D eigenvalue weighted by Gasteiger charge is -2.30. The van der Waals surface area contributed by atoms with Crippen LogP contribution in [0.25, 0.3) is 10.9 Å². The summed E-state index contributed by atoms with van der Waals surface area (Å²) in [5.41, 5.74) is 3.92. The highest BCUT2D eigenvalue weighted by molar-refractivity contribution is 5.86. The van der Waals surface area contributed by atoms with Crippen molar-refractivity contribution in [2.45, 2.75) is 26.2 Å². The minimum absolute atomic E-state index is 0.716. The predicted molar refractivity (Wildman–Crippen MR) is 106 cm³/mol. The van der Waals surface area contributed by atoms with Gasteiger partial charge in [0.25, 0.3) is 0 Å². The molecule has 1 unspecified atom stereocenters. The Balaban J connectivity index is 1.48. The Bertz CT molecular complexity index is 718. The van der Waals surface area contributed by atoms with Crippen molar-refractivity contribution in [2.24, 2.45) is 10.9 Å². The number of rotatable bonds is 5. The predicted octanol–water partition coefficient (Wildman–Crippen LogP) is 2.53. The third-order valence-electron chi connectivity index (χ3n) is 5.19. The maximum atomic E-state index is 4.36. The van der Waals surface area contributed by atoms with E-state index < -0.39 is 0 Å². The molecule has 1 fully saturated rings. The lowest BCUT2D eigenvalue weighted by molar-refractivity contribution is 0.210. The molecule has 0 aliphatic carbocycles. The van der Waals surface area contributed by atoms with Crippen molar-refractivity contribution in [3.63, 3.8) is 0 Å². The fourth-order valence-corrected chi connectivity index (χ4v) is 3.87. The Labute approximate surface area is 150 Å². The van der Waals surface area contributed by atoms with Crippen LogP contribution in [0.5, 0.6) is 0 Å². The highest BCUT2D eigenvalue weighted by Gasteiger charge is 2.17. The van der Waals surface area contributed by atoms with Crippen LogP contribution in [0, 0.1) is 12.8 Å². The van der Waals surface area contributed by atoms with Gasteiger partial charge in [0.1, 0.15) is 0 Å². The van der Waals surface area contributed by atoms with E-state index in [1.807, 2.05) is 7.05 Å². The molecule has 3 N–H and O–H groups in total. The molecule has 0 radical (unpaired) electrons. The first-order valence-corrected chi connectivity index (χ1v) is 9.36. The minimum Gasteiger partial charge on any atom is -0.361 e. The van der Waals surface area contributed by atoms with Crippen molar-refractivity contribution in [2.75, 3.05) is 40.3 Å². The Morgan fingerprint density at radius 1 is 1.36 bits per heavy atom. The molecule has 2 aromatic rings. The second-order valence-electron chi connectivity index (χ2n) is 7.21. The number of likely N-dealkylation sites (tertiary alicyclic amines) is 1. The molecule has 1 atom stereocenters. The Kier molecular flexibility index (Phi) is 5.97. The number of benzene rings is 1. The molecular weight excluding hydrogens is 310 g/mol. The molecule has 0 bridgehead atoms. The first-order chi connectivity index (χ1) is 12.2. The normalized spacial score (nSPS) is 19.3. The lowest BCUT2D eigenvalue weighted by Crippen LogP contribution is -2.44. The van der Waals surface area contributed by atoms with Gasteiger partial charge in [-0.2, -0.15) is 0 Å². The number of aromatic nitrogens is 1. The van der Waals surface area contributed by atoms with Crippen molar-refractivity contribution >= 4 is 16.9 Å². The second-order valence-corrected chi connectivity index (χ2v) is 7.21. The molecule has 1 aliphatic rings. The monoisotopic (exact) mass is 341 g/mol. The molecule has 0 saturated carbocycles. The van der Waals surface area contributed by atoms with Crippen LogP contribution >= 0.6 is 0 Å². The number of hydrogen-bond acceptors (Lipinski definition) is 2. The van der Waals surface area contributed by atoms with Crippen LogP contribution in [-0.4, -0.2) is 56.1 Å². The van der Waals surface area contributed by atoms with E-state index >= 15 is 0 Å². The molecule has 25 heavy (non-hydrogen) atoms. The van der Waals surface area contributed by atoms with Crippen LogP contribution in [0.15, 0.2) is 29.4 Å². The zero-order valence-electron chi connectivity index (χ0n) is 15.7. The summed E-state index contributed by atoms with van der Waals surface area (Å²) in [6, 6.07) is 6.42. The van der Waals surface area contributed by atoms with Gasteiger partial charge in [-0.1, -0.05) is 12.1 Å². The van der Waals surface area contributed by atoms with Crippen molar-refractivity contribution in [1.82, 2.24) is 20.5 Å². The molecular formula is C20H31N5. The number of fused-ring (bicyclic) bond motifs is 1. The lowest BCUT2D eigenvalue weighted by atomic mass is 9.99. The minimum atomic E-state index is 0.716. The molecule has 5 heteroatoms. The number of hydrogen-bond donors (Lipinski definition) is 3. The van der Waals surface area contributed by atoms with Crippen molar-refractivity contribution < 1.29 is 0 Å². The Morgan fingerprint density at radius 2 is 2.24 bits per heavy atom. The summed E-state index contributed by atoms with van der Waals surface area (Å²) >= 11 is 0. The molecule has 0 amide bonds. The van der Waals surface area contributed by atoms with Crippen LogP contribution in [0.1, 0.15) is 24.0 Å². The molecule has 0 spiro atoms. The second kappa shape index (κ2) is 8.39. The average molecular weight is 342 g/mol. The molecule has 1 aromatic carbocycles. The maximum Gasteiger partial charge on any atom is 0.190 e. The molecule has 2 heterocycles. The zero-order chi connectivity index (χ0) is 17.6. The first kappa shape index (κ1) is 17.8. The largest absolute Gasteiger partial charge is 0.361 e. The SMILES string of the molecule is CN=C(NCCc1c[nH]c2cccc(C)c12)NCC1CCCN(C)C1. The summed E-state index contributed by atoms with van der Waals surface area (Å²) in [6.45, 7) is 6.46. The number of nitrogens with one attached hydrogen (secondary N) is 3. The van der Waals surface area contributed by atoms with Gasteiger partial charge in [0, 0.05) is 43.8 Å². The van der Waals surface area contributed by atoms with Gasteiger partial charge in [-0.25, -0.2) is 0 Å². The molecule has 5 nitrogen and oxygen atoms in total. The number of aromatic amines is 1. The van der Waals surface area contributed by atoms with Gasteiger partial charge < -0.3 is 20.5 Å². The first-order valence-electron chi connectivity index (χ1n) is 9.36. The quantitative estimate of drug-likeness (QED) is 0.579. The third kappa shape index (κ3) is 4.54. The molecule has 136 valence electrons.